The molecule has 0 spiro atoms. The van der Waals surface area contributed by atoms with Crippen molar-refractivity contribution in [2.45, 2.75) is 60.9 Å². The number of hydrogen-bond acceptors (Lipinski definition) is 5. The van der Waals surface area contributed by atoms with Crippen LogP contribution in [0.2, 0.25) is 0 Å². The first kappa shape index (κ1) is 16.4. The molecule has 0 amide bonds. The highest BCUT2D eigenvalue weighted by molar-refractivity contribution is 8.01. The van der Waals surface area contributed by atoms with Crippen molar-refractivity contribution in [3.8, 4) is 0 Å². The maximum Gasteiger partial charge on any atom is 0.0864 e. The van der Waals surface area contributed by atoms with E-state index in [1.165, 1.54) is 0 Å². The Morgan fingerprint density at radius 2 is 0.800 bits per heavy atom. The van der Waals surface area contributed by atoms with Gasteiger partial charge >= 0.3 is 0 Å². The van der Waals surface area contributed by atoms with E-state index in [2.05, 4.69) is 50.5 Å². The molecule has 0 atom stereocenters. The van der Waals surface area contributed by atoms with Crippen molar-refractivity contribution < 1.29 is 4.74 Å². The first-order valence-electron chi connectivity index (χ1n) is 4.80. The van der Waals surface area contributed by atoms with Crippen LogP contribution in [0.5, 0.6) is 0 Å². The van der Waals surface area contributed by atoms with Gasteiger partial charge in [0.05, 0.1) is 19.4 Å². The third kappa shape index (κ3) is 4.26. The van der Waals surface area contributed by atoms with E-state index in [4.69, 9.17) is 4.74 Å². The Hall–Kier alpha value is 1.36. The van der Waals surface area contributed by atoms with Crippen LogP contribution in [0.4, 0.5) is 0 Å². The van der Waals surface area contributed by atoms with Crippen LogP contribution in [-0.4, -0.2) is 19.4 Å². The second-order valence-electron chi connectivity index (χ2n) is 5.16. The molecule has 0 aliphatic rings. The Kier molecular flexibility index (Phi) is 4.97. The van der Waals surface area contributed by atoms with Gasteiger partial charge in [0.15, 0.2) is 0 Å². The Balaban J connectivity index is 4.89. The highest BCUT2D eigenvalue weighted by atomic mass is 32.2. The van der Waals surface area contributed by atoms with Crippen molar-refractivity contribution in [3.05, 3.63) is 0 Å². The lowest BCUT2D eigenvalue weighted by Gasteiger charge is -2.47. The molecule has 0 saturated carbocycles. The van der Waals surface area contributed by atoms with Gasteiger partial charge in [-0.05, 0) is 41.5 Å². The van der Waals surface area contributed by atoms with E-state index in [-0.39, 0.29) is 0 Å². The van der Waals surface area contributed by atoms with Gasteiger partial charge in [-0.2, -0.15) is 50.5 Å². The number of hydrogen-bond donors (Lipinski definition) is 4. The molecule has 0 saturated heterocycles. The highest BCUT2D eigenvalue weighted by Crippen LogP contribution is 2.43. The maximum atomic E-state index is 6.05. The average Bonchev–Trinajstić information content (AvgIpc) is 1.77. The Morgan fingerprint density at radius 3 is 0.933 bits per heavy atom. The van der Waals surface area contributed by atoms with Gasteiger partial charge in [0.1, 0.15) is 0 Å². The molecule has 0 bridgehead atoms. The Bertz CT molecular complexity index is 199. The van der Waals surface area contributed by atoms with Crippen LogP contribution in [0.3, 0.4) is 0 Å². The summed E-state index contributed by atoms with van der Waals surface area (Å²) in [5, 5.41) is 0. The zero-order valence-electron chi connectivity index (χ0n) is 10.2. The summed E-state index contributed by atoms with van der Waals surface area (Å²) < 4.78 is 4.99. The second-order valence-corrected chi connectivity index (χ2v) is 9.45. The molecular formula is C10H22OS4. The minimum atomic E-state index is -0.531. The molecule has 0 radical (unpaired) electrons. The van der Waals surface area contributed by atoms with Crippen LogP contribution in [0, 0.1) is 0 Å². The number of thiol groups is 4. The lowest BCUT2D eigenvalue weighted by molar-refractivity contribution is -0.127. The van der Waals surface area contributed by atoms with Crippen LogP contribution in [0.1, 0.15) is 41.5 Å². The first-order chi connectivity index (χ1) is 6.21. The minimum Gasteiger partial charge on any atom is -0.365 e. The predicted octanol–water partition coefficient (Wildman–Crippen LogP) is 3.71. The first-order valence-corrected chi connectivity index (χ1v) is 6.59. The van der Waals surface area contributed by atoms with Crippen molar-refractivity contribution in [1.82, 2.24) is 0 Å². The Labute approximate surface area is 116 Å². The van der Waals surface area contributed by atoms with Crippen LogP contribution in [-0.2, 0) is 4.74 Å². The number of ether oxygens (including phenoxy) is 1. The summed E-state index contributed by atoms with van der Waals surface area (Å²) in [6, 6.07) is 0. The minimum absolute atomic E-state index is 0.491. The van der Waals surface area contributed by atoms with E-state index >= 15 is 0 Å². The van der Waals surface area contributed by atoms with Gasteiger partial charge in [0.25, 0.3) is 0 Å². The van der Waals surface area contributed by atoms with Crippen molar-refractivity contribution in [2.75, 3.05) is 0 Å². The molecule has 0 unspecified atom stereocenters. The van der Waals surface area contributed by atoms with E-state index in [9.17, 15) is 0 Å². The maximum absolute atomic E-state index is 6.05. The standard InChI is InChI=1S/C10H22OS4/c1-7(2,9(5,12)13)11-8(3,4)10(6,14)15/h12-15H,1-6H3. The van der Waals surface area contributed by atoms with Gasteiger partial charge < -0.3 is 4.74 Å². The van der Waals surface area contributed by atoms with Gasteiger partial charge in [0, 0.05) is 0 Å². The third-order valence-electron chi connectivity index (χ3n) is 2.79. The summed E-state index contributed by atoms with van der Waals surface area (Å²) >= 11 is 17.7. The molecule has 0 rings (SSSR count). The van der Waals surface area contributed by atoms with E-state index in [1.807, 2.05) is 41.5 Å². The molecule has 0 aliphatic heterocycles. The monoisotopic (exact) mass is 286 g/mol. The normalized spacial score (nSPS) is 15.6. The smallest absolute Gasteiger partial charge is 0.0864 e. The highest BCUT2D eigenvalue weighted by Gasteiger charge is 2.45. The van der Waals surface area contributed by atoms with E-state index in [1.54, 1.807) is 0 Å². The molecule has 0 aromatic carbocycles. The SMILES string of the molecule is CC(S)(S)C(C)(C)OC(C)(C)C(C)(S)S. The fraction of sp³-hybridized carbons (Fsp3) is 1.00. The lowest BCUT2D eigenvalue weighted by atomic mass is 9.99. The molecule has 0 fully saturated rings. The van der Waals surface area contributed by atoms with Gasteiger partial charge in [-0.1, -0.05) is 0 Å². The quantitative estimate of drug-likeness (QED) is 0.455. The lowest BCUT2D eigenvalue weighted by Crippen LogP contribution is -2.53. The third-order valence-corrected chi connectivity index (χ3v) is 4.95. The molecule has 92 valence electrons. The van der Waals surface area contributed by atoms with E-state index < -0.39 is 19.4 Å². The molecule has 15 heavy (non-hydrogen) atoms. The van der Waals surface area contributed by atoms with E-state index in [0.29, 0.717) is 0 Å². The van der Waals surface area contributed by atoms with Crippen molar-refractivity contribution in [2.24, 2.45) is 0 Å². The summed E-state index contributed by atoms with van der Waals surface area (Å²) in [6.07, 6.45) is 0. The second kappa shape index (κ2) is 4.56. The molecule has 0 N–H and O–H groups in total. The topological polar surface area (TPSA) is 9.23 Å². The van der Waals surface area contributed by atoms with Gasteiger partial charge in [-0.15, -0.1) is 0 Å². The van der Waals surface area contributed by atoms with Crippen molar-refractivity contribution in [1.29, 1.82) is 0 Å². The van der Waals surface area contributed by atoms with Crippen LogP contribution in [0.25, 0.3) is 0 Å². The fourth-order valence-electron chi connectivity index (χ4n) is 0.831. The predicted molar refractivity (Wildman–Crippen MR) is 82.0 cm³/mol. The van der Waals surface area contributed by atoms with Crippen molar-refractivity contribution in [3.63, 3.8) is 0 Å². The molecule has 5 heteroatoms. The molecule has 1 nitrogen and oxygen atoms in total. The largest absolute Gasteiger partial charge is 0.365 e. The molecule has 0 aromatic heterocycles. The fourth-order valence-corrected chi connectivity index (χ4v) is 1.01. The number of rotatable bonds is 4. The zero-order chi connectivity index (χ0) is 12.7. The summed E-state index contributed by atoms with van der Waals surface area (Å²) in [7, 11) is 0. The van der Waals surface area contributed by atoms with Crippen LogP contribution >= 0.6 is 50.5 Å². The molecular weight excluding hydrogens is 264 g/mol. The summed E-state index contributed by atoms with van der Waals surface area (Å²) in [4.78, 5) is 0. The Morgan fingerprint density at radius 1 is 0.600 bits per heavy atom. The zero-order valence-corrected chi connectivity index (χ0v) is 13.8. The van der Waals surface area contributed by atoms with Crippen molar-refractivity contribution >= 4 is 50.5 Å². The molecule has 0 aromatic rings. The van der Waals surface area contributed by atoms with Gasteiger partial charge in [-0.25, -0.2) is 0 Å². The average molecular weight is 287 g/mol. The summed E-state index contributed by atoms with van der Waals surface area (Å²) in [6.45, 7) is 11.7. The summed E-state index contributed by atoms with van der Waals surface area (Å²) in [5.41, 5.74) is -0.981. The van der Waals surface area contributed by atoms with Crippen LogP contribution in [0.15, 0.2) is 0 Å². The molecule has 0 heterocycles. The van der Waals surface area contributed by atoms with E-state index in [0.717, 1.165) is 0 Å². The van der Waals surface area contributed by atoms with Gasteiger partial charge in [0.2, 0.25) is 0 Å². The summed E-state index contributed by atoms with van der Waals surface area (Å²) in [5.74, 6) is 0. The van der Waals surface area contributed by atoms with Gasteiger partial charge in [-0.3, -0.25) is 0 Å². The van der Waals surface area contributed by atoms with Crippen LogP contribution < -0.4 is 0 Å². The molecule has 0 aliphatic carbocycles.